The van der Waals surface area contributed by atoms with Crippen LogP contribution >= 0.6 is 0 Å². The molecular weight excluding hydrogens is 484 g/mol. The SMILES string of the molecule is Nc1nc(Nc2ccc3c(c2)CC[C@@H](N2CC[C@@H]4C[C@@H]42)CC3)nn1-c1cc2c(nn1)-c1ccccc1CCC2. The Morgan fingerprint density at radius 1 is 0.846 bits per heavy atom. The first-order chi connectivity index (χ1) is 19.2. The molecule has 8 nitrogen and oxygen atoms in total. The molecule has 8 heteroatoms. The van der Waals surface area contributed by atoms with Gasteiger partial charge in [0, 0.05) is 23.3 Å². The fourth-order valence-corrected chi connectivity index (χ4v) is 7.24. The summed E-state index contributed by atoms with van der Waals surface area (Å²) >= 11 is 0. The van der Waals surface area contributed by atoms with Crippen molar-refractivity contribution in [3.05, 3.63) is 70.8 Å². The van der Waals surface area contributed by atoms with Crippen molar-refractivity contribution in [1.82, 2.24) is 29.9 Å². The quantitative estimate of drug-likeness (QED) is 0.372. The molecule has 4 aromatic rings. The van der Waals surface area contributed by atoms with Gasteiger partial charge in [-0.1, -0.05) is 30.3 Å². The number of nitrogens with two attached hydrogens (primary N) is 1. The standard InChI is InChI=1S/C31H34N8/c32-30-34-31(37-39(30)28-18-23-6-3-5-20-4-1-2-7-26(20)29(23)36-35-28)33-24-11-8-19-9-12-25(13-10-21(19)16-24)38-15-14-22-17-27(22)38/h1-2,4,7-8,11,16,18,22,25,27H,3,5-6,9-10,12-15,17H2,(H3,32,33,34,37)/t22-,25+,27+/m1/s1. The maximum atomic E-state index is 6.31. The molecule has 3 atom stereocenters. The molecule has 2 aromatic heterocycles. The number of piperidine rings is 1. The number of benzene rings is 2. The number of likely N-dealkylation sites (tertiary alicyclic amines) is 1. The molecule has 4 aliphatic rings. The van der Waals surface area contributed by atoms with Gasteiger partial charge in [0.1, 0.15) is 0 Å². The fraction of sp³-hybridized carbons (Fsp3) is 0.419. The van der Waals surface area contributed by atoms with E-state index in [0.29, 0.717) is 17.7 Å². The summed E-state index contributed by atoms with van der Waals surface area (Å²) in [6, 6.07) is 18.8. The van der Waals surface area contributed by atoms with Crippen molar-refractivity contribution in [2.45, 2.75) is 69.9 Å². The summed E-state index contributed by atoms with van der Waals surface area (Å²) in [5.74, 6) is 2.36. The first-order valence-corrected chi connectivity index (χ1v) is 14.5. The maximum absolute atomic E-state index is 6.31. The van der Waals surface area contributed by atoms with Gasteiger partial charge < -0.3 is 11.1 Å². The molecule has 1 saturated heterocycles. The van der Waals surface area contributed by atoms with Crippen molar-refractivity contribution < 1.29 is 0 Å². The summed E-state index contributed by atoms with van der Waals surface area (Å²) in [5.41, 5.74) is 14.9. The van der Waals surface area contributed by atoms with E-state index in [2.05, 4.69) is 79.0 Å². The lowest BCUT2D eigenvalue weighted by atomic mass is 10.0. The van der Waals surface area contributed by atoms with Crippen LogP contribution in [0.15, 0.2) is 48.5 Å². The minimum Gasteiger partial charge on any atom is -0.368 e. The number of fused-ring (bicyclic) bond motifs is 5. The van der Waals surface area contributed by atoms with Crippen LogP contribution in [0.3, 0.4) is 0 Å². The molecule has 39 heavy (non-hydrogen) atoms. The molecule has 0 radical (unpaired) electrons. The van der Waals surface area contributed by atoms with E-state index in [1.54, 1.807) is 4.68 Å². The van der Waals surface area contributed by atoms with Gasteiger partial charge in [0.05, 0.1) is 5.69 Å². The third-order valence-electron chi connectivity index (χ3n) is 9.37. The van der Waals surface area contributed by atoms with Crippen LogP contribution in [0, 0.1) is 5.92 Å². The Labute approximate surface area is 228 Å². The Hall–Kier alpha value is -3.78. The minimum atomic E-state index is 0.294. The summed E-state index contributed by atoms with van der Waals surface area (Å²) in [4.78, 5) is 7.32. The molecule has 3 N–H and O–H groups in total. The van der Waals surface area contributed by atoms with Gasteiger partial charge >= 0.3 is 0 Å². The van der Waals surface area contributed by atoms with Gasteiger partial charge in [0.15, 0.2) is 5.82 Å². The van der Waals surface area contributed by atoms with Gasteiger partial charge in [-0.15, -0.1) is 15.3 Å². The number of anilines is 3. The molecule has 0 spiro atoms. The topological polar surface area (TPSA) is 97.8 Å². The number of nitrogens with one attached hydrogen (secondary N) is 1. The van der Waals surface area contributed by atoms with Gasteiger partial charge in [-0.25, -0.2) is 0 Å². The van der Waals surface area contributed by atoms with E-state index in [9.17, 15) is 0 Å². The van der Waals surface area contributed by atoms with Crippen LogP contribution in [-0.2, 0) is 25.7 Å². The first kappa shape index (κ1) is 23.1. The Morgan fingerprint density at radius 2 is 1.72 bits per heavy atom. The van der Waals surface area contributed by atoms with Crippen molar-refractivity contribution in [1.29, 1.82) is 0 Å². The summed E-state index contributed by atoms with van der Waals surface area (Å²) in [6.07, 6.45) is 10.7. The highest BCUT2D eigenvalue weighted by molar-refractivity contribution is 5.68. The lowest BCUT2D eigenvalue weighted by Gasteiger charge is -2.28. The lowest BCUT2D eigenvalue weighted by molar-refractivity contribution is 0.195. The number of hydrogen-bond donors (Lipinski definition) is 2. The number of aryl methyl sites for hydroxylation is 4. The maximum Gasteiger partial charge on any atom is 0.248 e. The lowest BCUT2D eigenvalue weighted by Crippen LogP contribution is -2.35. The van der Waals surface area contributed by atoms with Gasteiger partial charge in [0.2, 0.25) is 11.9 Å². The number of nitrogens with zero attached hydrogens (tertiary/aromatic N) is 6. The van der Waals surface area contributed by atoms with E-state index >= 15 is 0 Å². The minimum absolute atomic E-state index is 0.294. The van der Waals surface area contributed by atoms with Crippen molar-refractivity contribution in [2.75, 3.05) is 17.6 Å². The van der Waals surface area contributed by atoms with Crippen LogP contribution in [0.2, 0.25) is 0 Å². The first-order valence-electron chi connectivity index (χ1n) is 14.5. The average Bonchev–Trinajstić information content (AvgIpc) is 3.60. The second-order valence-corrected chi connectivity index (χ2v) is 11.7. The van der Waals surface area contributed by atoms with Crippen LogP contribution < -0.4 is 11.1 Å². The van der Waals surface area contributed by atoms with E-state index in [1.165, 1.54) is 60.0 Å². The van der Waals surface area contributed by atoms with E-state index < -0.39 is 0 Å². The van der Waals surface area contributed by atoms with Gasteiger partial charge in [-0.2, -0.15) is 9.67 Å². The van der Waals surface area contributed by atoms with Gasteiger partial charge in [-0.05, 0) is 111 Å². The molecule has 0 unspecified atom stereocenters. The van der Waals surface area contributed by atoms with E-state index in [4.69, 9.17) is 5.73 Å². The average molecular weight is 519 g/mol. The van der Waals surface area contributed by atoms with Crippen molar-refractivity contribution in [3.8, 4) is 17.1 Å². The monoisotopic (exact) mass is 518 g/mol. The van der Waals surface area contributed by atoms with Crippen LogP contribution in [0.25, 0.3) is 17.1 Å². The molecule has 0 amide bonds. The second-order valence-electron chi connectivity index (χ2n) is 11.7. The van der Waals surface area contributed by atoms with E-state index in [-0.39, 0.29) is 0 Å². The Balaban J connectivity index is 1.01. The van der Waals surface area contributed by atoms with Crippen LogP contribution in [0.1, 0.15) is 54.4 Å². The smallest absolute Gasteiger partial charge is 0.248 e. The number of rotatable bonds is 4. The molecule has 198 valence electrons. The molecule has 1 aliphatic heterocycles. The third kappa shape index (κ3) is 4.18. The molecule has 3 aliphatic carbocycles. The molecule has 0 bridgehead atoms. The van der Waals surface area contributed by atoms with Crippen LogP contribution in [0.4, 0.5) is 17.6 Å². The van der Waals surface area contributed by atoms with Gasteiger partial charge in [-0.3, -0.25) is 4.90 Å². The molecule has 1 saturated carbocycles. The molecule has 2 aromatic carbocycles. The Morgan fingerprint density at radius 3 is 2.59 bits per heavy atom. The largest absolute Gasteiger partial charge is 0.368 e. The summed E-state index contributed by atoms with van der Waals surface area (Å²) < 4.78 is 1.58. The van der Waals surface area contributed by atoms with Crippen LogP contribution in [-0.4, -0.2) is 48.5 Å². The van der Waals surface area contributed by atoms with Crippen LogP contribution in [0.5, 0.6) is 0 Å². The molecule has 3 heterocycles. The summed E-state index contributed by atoms with van der Waals surface area (Å²) in [7, 11) is 0. The molecule has 2 fully saturated rings. The number of aromatic nitrogens is 5. The zero-order valence-electron chi connectivity index (χ0n) is 22.2. The Kier molecular flexibility index (Phi) is 5.43. The zero-order chi connectivity index (χ0) is 25.9. The number of nitrogen functional groups attached to an aromatic ring is 1. The normalized spacial score (nSPS) is 23.6. The third-order valence-corrected chi connectivity index (χ3v) is 9.37. The Bertz CT molecular complexity index is 1560. The summed E-state index contributed by atoms with van der Waals surface area (Å²) in [6.45, 7) is 1.31. The van der Waals surface area contributed by atoms with Gasteiger partial charge in [0.25, 0.3) is 0 Å². The van der Waals surface area contributed by atoms with Crippen molar-refractivity contribution in [2.24, 2.45) is 5.92 Å². The van der Waals surface area contributed by atoms with Crippen molar-refractivity contribution in [3.63, 3.8) is 0 Å². The highest BCUT2D eigenvalue weighted by Gasteiger charge is 2.48. The molecule has 8 rings (SSSR count). The number of hydrogen-bond acceptors (Lipinski definition) is 7. The summed E-state index contributed by atoms with van der Waals surface area (Å²) in [5, 5.41) is 17.2. The second kappa shape index (κ2) is 9.16. The predicted molar refractivity (Wildman–Crippen MR) is 152 cm³/mol. The van der Waals surface area contributed by atoms with Crippen molar-refractivity contribution >= 4 is 17.6 Å². The highest BCUT2D eigenvalue weighted by atomic mass is 15.4. The molecular formula is C31H34N8. The zero-order valence-corrected chi connectivity index (χ0v) is 22.2. The predicted octanol–water partition coefficient (Wildman–Crippen LogP) is 4.88. The van der Waals surface area contributed by atoms with E-state index in [1.807, 2.05) is 0 Å². The highest BCUT2D eigenvalue weighted by Crippen LogP contribution is 2.46. The fourth-order valence-electron chi connectivity index (χ4n) is 7.24. The van der Waals surface area contributed by atoms with E-state index in [0.717, 1.165) is 61.5 Å².